The monoisotopic (exact) mass is 296 g/mol. The summed E-state index contributed by atoms with van der Waals surface area (Å²) in [5.41, 5.74) is 0.968. The van der Waals surface area contributed by atoms with Crippen LogP contribution in [-0.2, 0) is 11.2 Å². The molecule has 0 bridgehead atoms. The van der Waals surface area contributed by atoms with Crippen molar-refractivity contribution in [2.45, 2.75) is 26.2 Å². The van der Waals surface area contributed by atoms with Gasteiger partial charge in [0.15, 0.2) is 11.5 Å². The van der Waals surface area contributed by atoms with Crippen molar-refractivity contribution < 1.29 is 19.4 Å². The molecule has 5 heteroatoms. The number of carboxylic acids is 1. The average Bonchev–Trinajstić information content (AvgIpc) is 3.19. The summed E-state index contributed by atoms with van der Waals surface area (Å²) in [6, 6.07) is 3.56. The van der Waals surface area contributed by atoms with Gasteiger partial charge in [-0.2, -0.15) is 0 Å². The molecule has 1 spiro atoms. The predicted molar refractivity (Wildman–Crippen MR) is 74.6 cm³/mol. The third-order valence-corrected chi connectivity index (χ3v) is 4.44. The van der Waals surface area contributed by atoms with Crippen LogP contribution in [0, 0.1) is 11.3 Å². The first-order valence-corrected chi connectivity index (χ1v) is 7.18. The highest BCUT2D eigenvalue weighted by atomic mass is 35.5. The van der Waals surface area contributed by atoms with Gasteiger partial charge in [-0.25, -0.2) is 0 Å². The van der Waals surface area contributed by atoms with Crippen molar-refractivity contribution in [2.75, 3.05) is 13.2 Å². The van der Waals surface area contributed by atoms with E-state index in [4.69, 9.17) is 26.2 Å². The minimum atomic E-state index is -0.829. The van der Waals surface area contributed by atoms with E-state index in [9.17, 15) is 4.79 Å². The summed E-state index contributed by atoms with van der Waals surface area (Å²) >= 11 is 6.22. The number of aliphatic carboxylic acids is 1. The minimum absolute atomic E-state index is 0.181. The van der Waals surface area contributed by atoms with Gasteiger partial charge in [-0.3, -0.25) is 4.79 Å². The number of hydrogen-bond acceptors (Lipinski definition) is 3. The summed E-state index contributed by atoms with van der Waals surface area (Å²) in [5.74, 6) is 0.0217. The normalized spacial score (nSPS) is 20.3. The second-order valence-corrected chi connectivity index (χ2v) is 6.32. The highest BCUT2D eigenvalue weighted by Crippen LogP contribution is 2.49. The number of rotatable bonds is 3. The molecular formula is C15H17ClO4. The van der Waals surface area contributed by atoms with Gasteiger partial charge in [0.2, 0.25) is 0 Å². The molecule has 108 valence electrons. The topological polar surface area (TPSA) is 55.8 Å². The van der Waals surface area contributed by atoms with Crippen molar-refractivity contribution >= 4 is 17.6 Å². The molecule has 0 aromatic heterocycles. The van der Waals surface area contributed by atoms with Crippen molar-refractivity contribution in [3.05, 3.63) is 22.7 Å². The fraction of sp³-hybridized carbons (Fsp3) is 0.533. The number of carboxylic acid groups (broad SMARTS) is 1. The molecule has 1 atom stereocenters. The molecule has 20 heavy (non-hydrogen) atoms. The van der Waals surface area contributed by atoms with Gasteiger partial charge >= 0.3 is 5.97 Å². The summed E-state index contributed by atoms with van der Waals surface area (Å²) < 4.78 is 11.6. The Hall–Kier alpha value is -1.42. The smallest absolute Gasteiger partial charge is 0.306 e. The van der Waals surface area contributed by atoms with Crippen molar-refractivity contribution in [1.29, 1.82) is 0 Å². The summed E-state index contributed by atoms with van der Waals surface area (Å²) in [6.45, 7) is 3.00. The van der Waals surface area contributed by atoms with E-state index in [-0.39, 0.29) is 5.41 Å². The zero-order valence-corrected chi connectivity index (χ0v) is 12.1. The molecule has 1 aliphatic carbocycles. The molecule has 1 unspecified atom stereocenters. The molecule has 0 radical (unpaired) electrons. The van der Waals surface area contributed by atoms with Crippen LogP contribution in [0.2, 0.25) is 5.02 Å². The minimum Gasteiger partial charge on any atom is -0.489 e. The van der Waals surface area contributed by atoms with Crippen molar-refractivity contribution in [3.63, 3.8) is 0 Å². The second-order valence-electron chi connectivity index (χ2n) is 5.91. The van der Waals surface area contributed by atoms with Crippen molar-refractivity contribution in [2.24, 2.45) is 11.3 Å². The van der Waals surface area contributed by atoms with Crippen LogP contribution in [0.5, 0.6) is 11.5 Å². The van der Waals surface area contributed by atoms with E-state index < -0.39 is 11.9 Å². The van der Waals surface area contributed by atoms with Crippen LogP contribution in [0.1, 0.15) is 25.3 Å². The maximum Gasteiger partial charge on any atom is 0.306 e. The lowest BCUT2D eigenvalue weighted by Crippen LogP contribution is -2.17. The molecule has 0 saturated heterocycles. The Morgan fingerprint density at radius 3 is 2.50 bits per heavy atom. The fourth-order valence-electron chi connectivity index (χ4n) is 2.35. The molecule has 1 aromatic rings. The fourth-order valence-corrected chi connectivity index (χ4v) is 2.58. The number of ether oxygens (including phenoxy) is 2. The van der Waals surface area contributed by atoms with Gasteiger partial charge in [-0.1, -0.05) is 18.5 Å². The number of fused-ring (bicyclic) bond motifs is 1. The van der Waals surface area contributed by atoms with Crippen LogP contribution in [0.4, 0.5) is 0 Å². The first kappa shape index (κ1) is 13.6. The third kappa shape index (κ3) is 2.57. The standard InChI is InChI=1S/C15H17ClO4/c1-9(14(17)18)4-10-5-12-13(6-11(10)16)20-8-15(2-3-15)7-19-12/h5-6,9H,2-4,7-8H2,1H3,(H,17,18). The van der Waals surface area contributed by atoms with Crippen LogP contribution in [0.15, 0.2) is 12.1 Å². The predicted octanol–water partition coefficient (Wildman–Crippen LogP) is 3.15. The van der Waals surface area contributed by atoms with Gasteiger partial charge in [0.1, 0.15) is 0 Å². The van der Waals surface area contributed by atoms with E-state index in [1.54, 1.807) is 13.0 Å². The summed E-state index contributed by atoms with van der Waals surface area (Å²) in [6.07, 6.45) is 2.66. The van der Waals surface area contributed by atoms with Crippen LogP contribution >= 0.6 is 11.6 Å². The Morgan fingerprint density at radius 1 is 1.35 bits per heavy atom. The van der Waals surface area contributed by atoms with Gasteiger partial charge in [0, 0.05) is 16.5 Å². The van der Waals surface area contributed by atoms with Crippen LogP contribution < -0.4 is 9.47 Å². The molecule has 1 saturated carbocycles. The highest BCUT2D eigenvalue weighted by Gasteiger charge is 2.46. The maximum absolute atomic E-state index is 11.0. The van der Waals surface area contributed by atoms with E-state index in [0.29, 0.717) is 36.2 Å². The lowest BCUT2D eigenvalue weighted by atomic mass is 10.0. The molecular weight excluding hydrogens is 280 g/mol. The lowest BCUT2D eigenvalue weighted by molar-refractivity contribution is -0.141. The van der Waals surface area contributed by atoms with Gasteiger partial charge in [-0.05, 0) is 30.9 Å². The first-order valence-electron chi connectivity index (χ1n) is 6.80. The van der Waals surface area contributed by atoms with Crippen molar-refractivity contribution in [1.82, 2.24) is 0 Å². The lowest BCUT2D eigenvalue weighted by Gasteiger charge is -2.13. The van der Waals surface area contributed by atoms with Gasteiger partial charge < -0.3 is 14.6 Å². The molecule has 4 nitrogen and oxygen atoms in total. The number of hydrogen-bond donors (Lipinski definition) is 1. The Bertz CT molecular complexity index is 551. The quantitative estimate of drug-likeness (QED) is 0.931. The summed E-state index contributed by atoms with van der Waals surface area (Å²) in [4.78, 5) is 11.0. The SMILES string of the molecule is CC(Cc1cc2c(cc1Cl)OCC1(CC1)CO2)C(=O)O. The number of benzene rings is 1. The van der Waals surface area contributed by atoms with E-state index in [2.05, 4.69) is 0 Å². The second kappa shape index (κ2) is 4.85. The summed E-state index contributed by atoms with van der Waals surface area (Å²) in [7, 11) is 0. The van der Waals surface area contributed by atoms with E-state index >= 15 is 0 Å². The highest BCUT2D eigenvalue weighted by molar-refractivity contribution is 6.31. The molecule has 3 rings (SSSR count). The molecule has 2 aliphatic rings. The number of carbonyl (C=O) groups is 1. The van der Waals surface area contributed by atoms with E-state index in [1.165, 1.54) is 0 Å². The molecule has 1 fully saturated rings. The van der Waals surface area contributed by atoms with Crippen LogP contribution in [0.3, 0.4) is 0 Å². The molecule has 0 amide bonds. The van der Waals surface area contributed by atoms with Gasteiger partial charge in [0.05, 0.1) is 19.1 Å². The Kier molecular flexibility index (Phi) is 3.28. The molecule has 1 N–H and O–H groups in total. The van der Waals surface area contributed by atoms with Gasteiger partial charge in [-0.15, -0.1) is 0 Å². The maximum atomic E-state index is 11.0. The van der Waals surface area contributed by atoms with Crippen LogP contribution in [-0.4, -0.2) is 24.3 Å². The summed E-state index contributed by atoms with van der Waals surface area (Å²) in [5, 5.41) is 9.53. The Labute approximate surface area is 122 Å². The van der Waals surface area contributed by atoms with Gasteiger partial charge in [0.25, 0.3) is 0 Å². The zero-order valence-electron chi connectivity index (χ0n) is 11.3. The largest absolute Gasteiger partial charge is 0.489 e. The Balaban J connectivity index is 1.84. The average molecular weight is 297 g/mol. The third-order valence-electron chi connectivity index (χ3n) is 4.09. The molecule has 1 aliphatic heterocycles. The molecule has 1 heterocycles. The molecule has 1 aromatic carbocycles. The zero-order chi connectivity index (χ0) is 14.3. The van der Waals surface area contributed by atoms with E-state index in [1.807, 2.05) is 6.07 Å². The van der Waals surface area contributed by atoms with Crippen LogP contribution in [0.25, 0.3) is 0 Å². The first-order chi connectivity index (χ1) is 9.49. The number of halogens is 1. The van der Waals surface area contributed by atoms with Crippen molar-refractivity contribution in [3.8, 4) is 11.5 Å². The van der Waals surface area contributed by atoms with E-state index in [0.717, 1.165) is 18.4 Å². The Morgan fingerprint density at radius 2 is 1.95 bits per heavy atom.